The summed E-state index contributed by atoms with van der Waals surface area (Å²) in [5.41, 5.74) is 9.06. The molecule has 0 aromatic heterocycles. The van der Waals surface area contributed by atoms with Crippen molar-refractivity contribution in [1.82, 2.24) is 0 Å². The molecule has 1 aromatic carbocycles. The molecule has 2 N–H and O–H groups in total. The van der Waals surface area contributed by atoms with Crippen LogP contribution in [0.15, 0.2) is 24.3 Å². The van der Waals surface area contributed by atoms with Gasteiger partial charge in [-0.15, -0.1) is 0 Å². The van der Waals surface area contributed by atoms with Crippen molar-refractivity contribution < 1.29 is 0 Å². The van der Waals surface area contributed by atoms with E-state index in [1.807, 2.05) is 0 Å². The van der Waals surface area contributed by atoms with Crippen LogP contribution < -0.4 is 5.73 Å². The zero-order valence-electron chi connectivity index (χ0n) is 8.38. The highest BCUT2D eigenvalue weighted by molar-refractivity contribution is 5.33. The minimum absolute atomic E-state index is 0.0426. The second-order valence-electron chi connectivity index (χ2n) is 4.70. The molecule has 1 aliphatic carbocycles. The van der Waals surface area contributed by atoms with Gasteiger partial charge in [0.25, 0.3) is 0 Å². The fourth-order valence-corrected chi connectivity index (χ4v) is 2.08. The molecule has 2 rings (SSSR count). The first kappa shape index (κ1) is 8.76. The van der Waals surface area contributed by atoms with Gasteiger partial charge in [0.05, 0.1) is 0 Å². The van der Waals surface area contributed by atoms with Crippen LogP contribution in [0.5, 0.6) is 0 Å². The summed E-state index contributed by atoms with van der Waals surface area (Å²) in [6.45, 7) is 4.26. The first-order valence-corrected chi connectivity index (χ1v) is 4.93. The maximum Gasteiger partial charge on any atom is 0.0132 e. The fourth-order valence-electron chi connectivity index (χ4n) is 2.08. The van der Waals surface area contributed by atoms with Crippen molar-refractivity contribution in [3.05, 3.63) is 35.4 Å². The van der Waals surface area contributed by atoms with Crippen LogP contribution in [0.2, 0.25) is 0 Å². The van der Waals surface area contributed by atoms with Crippen LogP contribution in [0.3, 0.4) is 0 Å². The Morgan fingerprint density at radius 1 is 1.15 bits per heavy atom. The summed E-state index contributed by atoms with van der Waals surface area (Å²) in [6, 6.07) is 8.68. The van der Waals surface area contributed by atoms with E-state index in [0.717, 1.165) is 12.8 Å². The molecule has 0 amide bonds. The van der Waals surface area contributed by atoms with Gasteiger partial charge >= 0.3 is 0 Å². The van der Waals surface area contributed by atoms with Crippen molar-refractivity contribution in [3.8, 4) is 0 Å². The number of nitrogens with two attached hydrogens (primary N) is 1. The Hall–Kier alpha value is -0.820. The zero-order valence-corrected chi connectivity index (χ0v) is 8.38. The van der Waals surface area contributed by atoms with E-state index in [0.29, 0.717) is 5.92 Å². The maximum atomic E-state index is 6.12. The third-order valence-electron chi connectivity index (χ3n) is 3.10. The van der Waals surface area contributed by atoms with Gasteiger partial charge in [0.15, 0.2) is 0 Å². The van der Waals surface area contributed by atoms with Crippen LogP contribution in [0.4, 0.5) is 0 Å². The van der Waals surface area contributed by atoms with Gasteiger partial charge in [-0.05, 0) is 43.7 Å². The van der Waals surface area contributed by atoms with E-state index < -0.39 is 0 Å². The third-order valence-corrected chi connectivity index (χ3v) is 3.10. The van der Waals surface area contributed by atoms with Crippen molar-refractivity contribution in [2.75, 3.05) is 0 Å². The molecule has 0 spiro atoms. The average molecular weight is 175 g/mol. The molecule has 0 bridgehead atoms. The Morgan fingerprint density at radius 2 is 1.62 bits per heavy atom. The standard InChI is InChI=1S/C12H17N/c1-12(2,13)11-7-9-5-3-4-6-10(9)8-11/h3-6,11H,7-8,13H2,1-2H3. The van der Waals surface area contributed by atoms with Crippen LogP contribution in [0, 0.1) is 5.92 Å². The van der Waals surface area contributed by atoms with Crippen LogP contribution >= 0.6 is 0 Å². The number of rotatable bonds is 1. The Labute approximate surface area is 80.0 Å². The highest BCUT2D eigenvalue weighted by Crippen LogP contribution is 2.31. The van der Waals surface area contributed by atoms with Crippen molar-refractivity contribution in [2.45, 2.75) is 32.2 Å². The molecule has 0 atom stereocenters. The second-order valence-corrected chi connectivity index (χ2v) is 4.70. The lowest BCUT2D eigenvalue weighted by Gasteiger charge is -2.26. The van der Waals surface area contributed by atoms with Gasteiger partial charge in [-0.25, -0.2) is 0 Å². The predicted molar refractivity (Wildman–Crippen MR) is 55.6 cm³/mol. The summed E-state index contributed by atoms with van der Waals surface area (Å²) >= 11 is 0. The van der Waals surface area contributed by atoms with E-state index in [9.17, 15) is 0 Å². The summed E-state index contributed by atoms with van der Waals surface area (Å²) in [5.74, 6) is 0.616. The topological polar surface area (TPSA) is 26.0 Å². The van der Waals surface area contributed by atoms with Crippen LogP contribution in [-0.2, 0) is 12.8 Å². The van der Waals surface area contributed by atoms with E-state index in [2.05, 4.69) is 38.1 Å². The zero-order chi connectivity index (χ0) is 9.47. The molecule has 1 heteroatoms. The van der Waals surface area contributed by atoms with Gasteiger partial charge in [-0.3, -0.25) is 0 Å². The summed E-state index contributed by atoms with van der Waals surface area (Å²) in [5, 5.41) is 0. The summed E-state index contributed by atoms with van der Waals surface area (Å²) < 4.78 is 0. The van der Waals surface area contributed by atoms with Crippen LogP contribution in [-0.4, -0.2) is 5.54 Å². The first-order valence-electron chi connectivity index (χ1n) is 4.93. The molecular formula is C12H17N. The largest absolute Gasteiger partial charge is 0.325 e. The molecule has 0 saturated carbocycles. The molecule has 13 heavy (non-hydrogen) atoms. The van der Waals surface area contributed by atoms with Crippen molar-refractivity contribution in [1.29, 1.82) is 0 Å². The van der Waals surface area contributed by atoms with Gasteiger partial charge in [0.1, 0.15) is 0 Å². The summed E-state index contributed by atoms with van der Waals surface area (Å²) in [4.78, 5) is 0. The lowest BCUT2D eigenvalue weighted by atomic mass is 9.86. The van der Waals surface area contributed by atoms with Crippen LogP contribution in [0.25, 0.3) is 0 Å². The normalized spacial score (nSPS) is 17.5. The molecule has 1 aliphatic rings. The molecule has 0 heterocycles. The summed E-state index contributed by atoms with van der Waals surface area (Å²) in [6.07, 6.45) is 2.30. The lowest BCUT2D eigenvalue weighted by molar-refractivity contribution is 0.334. The minimum atomic E-state index is -0.0426. The molecule has 0 unspecified atom stereocenters. The third kappa shape index (κ3) is 1.61. The van der Waals surface area contributed by atoms with Gasteiger partial charge < -0.3 is 5.73 Å². The van der Waals surface area contributed by atoms with E-state index in [-0.39, 0.29) is 5.54 Å². The first-order chi connectivity index (χ1) is 6.07. The predicted octanol–water partition coefficient (Wildman–Crippen LogP) is 2.14. The smallest absolute Gasteiger partial charge is 0.0132 e. The molecular weight excluding hydrogens is 158 g/mol. The Morgan fingerprint density at radius 3 is 2.00 bits per heavy atom. The lowest BCUT2D eigenvalue weighted by Crippen LogP contribution is -2.41. The highest BCUT2D eigenvalue weighted by Gasteiger charge is 2.30. The molecule has 1 aromatic rings. The van der Waals surface area contributed by atoms with Gasteiger partial charge in [0.2, 0.25) is 0 Å². The Bertz CT molecular complexity index is 284. The molecule has 0 aliphatic heterocycles. The average Bonchev–Trinajstić information content (AvgIpc) is 2.45. The second kappa shape index (κ2) is 2.85. The monoisotopic (exact) mass is 175 g/mol. The van der Waals surface area contributed by atoms with Crippen molar-refractivity contribution >= 4 is 0 Å². The quantitative estimate of drug-likeness (QED) is 0.695. The summed E-state index contributed by atoms with van der Waals surface area (Å²) in [7, 11) is 0. The van der Waals surface area contributed by atoms with Gasteiger partial charge in [0, 0.05) is 5.54 Å². The van der Waals surface area contributed by atoms with E-state index in [4.69, 9.17) is 5.73 Å². The Kier molecular flexibility index (Phi) is 1.92. The van der Waals surface area contributed by atoms with Gasteiger partial charge in [-0.2, -0.15) is 0 Å². The number of hydrogen-bond acceptors (Lipinski definition) is 1. The number of benzene rings is 1. The van der Waals surface area contributed by atoms with Gasteiger partial charge in [-0.1, -0.05) is 24.3 Å². The van der Waals surface area contributed by atoms with E-state index in [1.165, 1.54) is 11.1 Å². The fraction of sp³-hybridized carbons (Fsp3) is 0.500. The highest BCUT2D eigenvalue weighted by atomic mass is 14.7. The van der Waals surface area contributed by atoms with Crippen molar-refractivity contribution in [2.24, 2.45) is 11.7 Å². The molecule has 0 fully saturated rings. The maximum absolute atomic E-state index is 6.12. The molecule has 70 valence electrons. The van der Waals surface area contributed by atoms with E-state index >= 15 is 0 Å². The van der Waals surface area contributed by atoms with Crippen LogP contribution in [0.1, 0.15) is 25.0 Å². The molecule has 1 nitrogen and oxygen atoms in total. The van der Waals surface area contributed by atoms with Crippen molar-refractivity contribution in [3.63, 3.8) is 0 Å². The number of fused-ring (bicyclic) bond motifs is 1. The molecule has 0 saturated heterocycles. The Balaban J connectivity index is 2.23. The molecule has 0 radical (unpaired) electrons. The van der Waals surface area contributed by atoms with E-state index in [1.54, 1.807) is 0 Å². The SMILES string of the molecule is CC(C)(N)C1Cc2ccccc2C1. The number of hydrogen-bond donors (Lipinski definition) is 1. The minimum Gasteiger partial charge on any atom is -0.325 e.